The van der Waals surface area contributed by atoms with Gasteiger partial charge in [-0.3, -0.25) is 4.79 Å². The van der Waals surface area contributed by atoms with Crippen LogP contribution in [0.15, 0.2) is 78.5 Å². The normalized spacial score (nSPS) is 23.3. The van der Waals surface area contributed by atoms with Gasteiger partial charge < -0.3 is 17.2 Å². The molecule has 0 aromatic heterocycles. The Hall–Kier alpha value is -2.85. The van der Waals surface area contributed by atoms with Gasteiger partial charge in [-0.1, -0.05) is 54.6 Å². The van der Waals surface area contributed by atoms with E-state index in [-0.39, 0.29) is 11.7 Å². The number of hydrogen-bond donors (Lipinski definition) is 3. The molecule has 2 atom stereocenters. The van der Waals surface area contributed by atoms with E-state index in [9.17, 15) is 4.79 Å². The second kappa shape index (κ2) is 5.74. The second-order valence-corrected chi connectivity index (χ2v) is 5.77. The number of ketones is 1. The fraction of sp³-hybridized carbons (Fsp3) is 0.105. The summed E-state index contributed by atoms with van der Waals surface area (Å²) in [5.41, 5.74) is 19.8. The number of carbonyl (C=O) groups is 1. The van der Waals surface area contributed by atoms with Crippen molar-refractivity contribution in [3.05, 3.63) is 89.6 Å². The van der Waals surface area contributed by atoms with Crippen molar-refractivity contribution in [2.45, 2.75) is 11.5 Å². The minimum absolute atomic E-state index is 0.139. The Morgan fingerprint density at radius 2 is 1.61 bits per heavy atom. The summed E-state index contributed by atoms with van der Waals surface area (Å²) in [6.07, 6.45) is 5.21. The molecule has 2 aromatic carbocycles. The molecule has 0 spiro atoms. The van der Waals surface area contributed by atoms with Crippen LogP contribution in [0.3, 0.4) is 0 Å². The lowest BCUT2D eigenvalue weighted by atomic mass is 9.72. The Morgan fingerprint density at radius 1 is 0.957 bits per heavy atom. The molecule has 0 saturated carbocycles. The number of anilines is 1. The van der Waals surface area contributed by atoms with E-state index in [1.807, 2.05) is 36.4 Å². The average molecular weight is 305 g/mol. The molecule has 6 N–H and O–H groups in total. The summed E-state index contributed by atoms with van der Waals surface area (Å²) in [7, 11) is 0. The van der Waals surface area contributed by atoms with Crippen molar-refractivity contribution < 1.29 is 4.79 Å². The van der Waals surface area contributed by atoms with Gasteiger partial charge in [-0.2, -0.15) is 0 Å². The Balaban J connectivity index is 2.06. The maximum atomic E-state index is 13.0. The minimum atomic E-state index is -1.18. The number of carbonyl (C=O) groups excluding carboxylic acids is 1. The minimum Gasteiger partial charge on any atom is -0.399 e. The second-order valence-electron chi connectivity index (χ2n) is 5.77. The lowest BCUT2D eigenvalue weighted by Crippen LogP contribution is -2.52. The number of Topliss-reactive ketones (excluding diaryl/α,β-unsaturated/α-hetero) is 1. The number of benzene rings is 2. The topological polar surface area (TPSA) is 95.1 Å². The molecule has 23 heavy (non-hydrogen) atoms. The van der Waals surface area contributed by atoms with Gasteiger partial charge in [0, 0.05) is 22.9 Å². The van der Waals surface area contributed by atoms with Gasteiger partial charge in [0.2, 0.25) is 0 Å². The van der Waals surface area contributed by atoms with Crippen molar-refractivity contribution in [3.63, 3.8) is 0 Å². The largest absolute Gasteiger partial charge is 0.399 e. The first-order valence-corrected chi connectivity index (χ1v) is 7.41. The van der Waals surface area contributed by atoms with Crippen LogP contribution >= 0.6 is 0 Å². The van der Waals surface area contributed by atoms with Gasteiger partial charge >= 0.3 is 0 Å². The summed E-state index contributed by atoms with van der Waals surface area (Å²) in [6.45, 7) is 0. The van der Waals surface area contributed by atoms with E-state index in [1.54, 1.807) is 36.4 Å². The van der Waals surface area contributed by atoms with Gasteiger partial charge in [0.25, 0.3) is 0 Å². The van der Waals surface area contributed by atoms with Gasteiger partial charge in [0.1, 0.15) is 5.54 Å². The molecule has 2 aromatic rings. The van der Waals surface area contributed by atoms with Gasteiger partial charge in [0.05, 0.1) is 0 Å². The lowest BCUT2D eigenvalue weighted by Gasteiger charge is -2.35. The summed E-state index contributed by atoms with van der Waals surface area (Å²) >= 11 is 0. The molecule has 0 heterocycles. The highest BCUT2D eigenvalue weighted by Gasteiger charge is 2.41. The predicted octanol–water partition coefficient (Wildman–Crippen LogP) is 2.35. The van der Waals surface area contributed by atoms with Crippen LogP contribution < -0.4 is 17.2 Å². The van der Waals surface area contributed by atoms with Crippen molar-refractivity contribution in [3.8, 4) is 0 Å². The summed E-state index contributed by atoms with van der Waals surface area (Å²) in [5.74, 6) is -0.485. The molecule has 0 bridgehead atoms. The van der Waals surface area contributed by atoms with E-state index >= 15 is 0 Å². The lowest BCUT2D eigenvalue weighted by molar-refractivity contribution is 0.0910. The van der Waals surface area contributed by atoms with Crippen molar-refractivity contribution in [1.29, 1.82) is 0 Å². The SMILES string of the molecule is NC1=CC(c2ccc(N)cc2)C(N)(C(=O)c2ccccc2)C=C1. The van der Waals surface area contributed by atoms with Crippen LogP contribution in [0.25, 0.3) is 0 Å². The van der Waals surface area contributed by atoms with Crippen LogP contribution in [0.2, 0.25) is 0 Å². The third-order valence-electron chi connectivity index (χ3n) is 4.15. The van der Waals surface area contributed by atoms with Gasteiger partial charge in [0.15, 0.2) is 5.78 Å². The van der Waals surface area contributed by atoms with E-state index < -0.39 is 5.54 Å². The zero-order chi connectivity index (χ0) is 16.4. The summed E-state index contributed by atoms with van der Waals surface area (Å²) in [5, 5.41) is 0. The standard InChI is InChI=1S/C19H19N3O/c20-15-8-6-13(7-9-15)17-12-16(21)10-11-19(17,22)18(23)14-4-2-1-3-5-14/h1-12,17H,20-22H2. The number of nitrogen functional groups attached to an aromatic ring is 1. The Kier molecular flexibility index (Phi) is 3.76. The van der Waals surface area contributed by atoms with Gasteiger partial charge in [-0.15, -0.1) is 0 Å². The quantitative estimate of drug-likeness (QED) is 0.599. The highest BCUT2D eigenvalue weighted by atomic mass is 16.1. The van der Waals surface area contributed by atoms with Crippen LogP contribution in [-0.4, -0.2) is 11.3 Å². The van der Waals surface area contributed by atoms with Crippen molar-refractivity contribution in [2.24, 2.45) is 11.5 Å². The van der Waals surface area contributed by atoms with Crippen LogP contribution in [0.4, 0.5) is 5.69 Å². The van der Waals surface area contributed by atoms with Gasteiger partial charge in [-0.25, -0.2) is 0 Å². The highest BCUT2D eigenvalue weighted by molar-refractivity contribution is 6.05. The van der Waals surface area contributed by atoms with E-state index in [0.29, 0.717) is 16.9 Å². The van der Waals surface area contributed by atoms with E-state index in [4.69, 9.17) is 17.2 Å². The molecule has 0 fully saturated rings. The smallest absolute Gasteiger partial charge is 0.187 e. The average Bonchev–Trinajstić information content (AvgIpc) is 2.58. The molecule has 4 heteroatoms. The third-order valence-corrected chi connectivity index (χ3v) is 4.15. The van der Waals surface area contributed by atoms with E-state index in [0.717, 1.165) is 5.56 Å². The van der Waals surface area contributed by atoms with Crippen LogP contribution in [0, 0.1) is 0 Å². The Labute approximate surface area is 135 Å². The van der Waals surface area contributed by atoms with Crippen molar-refractivity contribution in [2.75, 3.05) is 5.73 Å². The number of rotatable bonds is 3. The summed E-state index contributed by atoms with van der Waals surface area (Å²) in [6, 6.07) is 16.4. The Bertz CT molecular complexity index is 778. The van der Waals surface area contributed by atoms with Crippen molar-refractivity contribution in [1.82, 2.24) is 0 Å². The van der Waals surface area contributed by atoms with Crippen LogP contribution in [0.1, 0.15) is 21.8 Å². The first kappa shape index (κ1) is 15.1. The molecule has 0 saturated heterocycles. The third kappa shape index (κ3) is 2.76. The number of nitrogens with two attached hydrogens (primary N) is 3. The molecule has 0 radical (unpaired) electrons. The monoisotopic (exact) mass is 305 g/mol. The molecule has 116 valence electrons. The zero-order valence-corrected chi connectivity index (χ0v) is 12.6. The number of allylic oxidation sites excluding steroid dienone is 1. The fourth-order valence-electron chi connectivity index (χ4n) is 2.86. The number of hydrogen-bond acceptors (Lipinski definition) is 4. The molecule has 4 nitrogen and oxygen atoms in total. The van der Waals surface area contributed by atoms with Gasteiger partial charge in [-0.05, 0) is 23.8 Å². The summed E-state index contributed by atoms with van der Waals surface area (Å²) in [4.78, 5) is 13.0. The van der Waals surface area contributed by atoms with Crippen molar-refractivity contribution >= 4 is 11.5 Å². The first-order chi connectivity index (χ1) is 11.0. The maximum Gasteiger partial charge on any atom is 0.187 e. The maximum absolute atomic E-state index is 13.0. The van der Waals surface area contributed by atoms with E-state index in [2.05, 4.69) is 0 Å². The van der Waals surface area contributed by atoms with Crippen LogP contribution in [0.5, 0.6) is 0 Å². The molecule has 3 rings (SSSR count). The zero-order valence-electron chi connectivity index (χ0n) is 12.6. The molecular weight excluding hydrogens is 286 g/mol. The molecule has 1 aliphatic carbocycles. The predicted molar refractivity (Wildman–Crippen MR) is 92.7 cm³/mol. The van der Waals surface area contributed by atoms with Crippen LogP contribution in [-0.2, 0) is 0 Å². The molecule has 0 aliphatic heterocycles. The molecule has 1 aliphatic rings. The van der Waals surface area contributed by atoms with E-state index in [1.165, 1.54) is 0 Å². The molecular formula is C19H19N3O. The summed E-state index contributed by atoms with van der Waals surface area (Å²) < 4.78 is 0. The highest BCUT2D eigenvalue weighted by Crippen LogP contribution is 2.35. The Morgan fingerprint density at radius 3 is 2.26 bits per heavy atom. The fourth-order valence-corrected chi connectivity index (χ4v) is 2.86. The molecule has 2 unspecified atom stereocenters. The molecule has 0 amide bonds. The first-order valence-electron chi connectivity index (χ1n) is 7.41.